The van der Waals surface area contributed by atoms with Crippen molar-refractivity contribution in [2.45, 2.75) is 34.2 Å². The maximum atomic E-state index is 12.9. The Labute approximate surface area is 136 Å². The first kappa shape index (κ1) is 16.9. The van der Waals surface area contributed by atoms with Gasteiger partial charge in [0.05, 0.1) is 0 Å². The second-order valence-electron chi connectivity index (χ2n) is 5.97. The standard InChI is InChI=1S/C18H23N3O2/c1-5-21(16-14(4)8-6-10-19-16)18(23)15-9-7-11-20(17(15)22)12-13(2)3/h6-11,13H,5,12H2,1-4H3. The smallest absolute Gasteiger partial charge is 0.265 e. The van der Waals surface area contributed by atoms with E-state index in [0.717, 1.165) is 5.56 Å². The zero-order chi connectivity index (χ0) is 17.0. The quantitative estimate of drug-likeness (QED) is 0.853. The topological polar surface area (TPSA) is 55.2 Å². The second-order valence-corrected chi connectivity index (χ2v) is 5.97. The minimum Gasteiger partial charge on any atom is -0.315 e. The van der Waals surface area contributed by atoms with Crippen molar-refractivity contribution in [3.63, 3.8) is 0 Å². The molecule has 5 heteroatoms. The highest BCUT2D eigenvalue weighted by molar-refractivity contribution is 6.05. The highest BCUT2D eigenvalue weighted by Gasteiger charge is 2.22. The van der Waals surface area contributed by atoms with E-state index in [1.165, 1.54) is 0 Å². The highest BCUT2D eigenvalue weighted by Crippen LogP contribution is 2.17. The number of carbonyl (C=O) groups is 1. The number of aryl methyl sites for hydroxylation is 1. The van der Waals surface area contributed by atoms with Crippen molar-refractivity contribution >= 4 is 11.7 Å². The molecule has 2 heterocycles. The molecule has 0 aliphatic carbocycles. The molecule has 2 rings (SSSR count). The number of amides is 1. The van der Waals surface area contributed by atoms with Crippen LogP contribution in [0, 0.1) is 12.8 Å². The van der Waals surface area contributed by atoms with Crippen LogP contribution in [0.3, 0.4) is 0 Å². The van der Waals surface area contributed by atoms with Gasteiger partial charge in [-0.2, -0.15) is 0 Å². The molecule has 0 bridgehead atoms. The van der Waals surface area contributed by atoms with Crippen LogP contribution < -0.4 is 10.5 Å². The molecular formula is C18H23N3O2. The van der Waals surface area contributed by atoms with Crippen molar-refractivity contribution in [3.8, 4) is 0 Å². The van der Waals surface area contributed by atoms with E-state index in [0.29, 0.717) is 24.8 Å². The van der Waals surface area contributed by atoms with Gasteiger partial charge in [0.15, 0.2) is 0 Å². The number of aromatic nitrogens is 2. The van der Waals surface area contributed by atoms with Gasteiger partial charge >= 0.3 is 0 Å². The Balaban J connectivity index is 2.43. The third-order valence-electron chi connectivity index (χ3n) is 3.61. The second kappa shape index (κ2) is 7.22. The minimum atomic E-state index is -0.308. The van der Waals surface area contributed by atoms with Crippen LogP contribution in [0.1, 0.15) is 36.7 Å². The summed E-state index contributed by atoms with van der Waals surface area (Å²) in [5.74, 6) is 0.620. The van der Waals surface area contributed by atoms with Crippen LogP contribution in [-0.2, 0) is 6.54 Å². The first-order valence-corrected chi connectivity index (χ1v) is 7.88. The Morgan fingerprint density at radius 3 is 2.65 bits per heavy atom. The van der Waals surface area contributed by atoms with Crippen LogP contribution >= 0.6 is 0 Å². The number of nitrogens with zero attached hydrogens (tertiary/aromatic N) is 3. The largest absolute Gasteiger partial charge is 0.315 e. The molecule has 0 saturated heterocycles. The molecule has 2 aromatic rings. The van der Waals surface area contributed by atoms with Crippen molar-refractivity contribution in [2.75, 3.05) is 11.4 Å². The number of rotatable bonds is 5. The Morgan fingerprint density at radius 2 is 2.04 bits per heavy atom. The Bertz CT molecular complexity index is 750. The molecule has 0 saturated carbocycles. The Kier molecular flexibility index (Phi) is 5.32. The number of carbonyl (C=O) groups excluding carboxylic acids is 1. The maximum Gasteiger partial charge on any atom is 0.265 e. The van der Waals surface area contributed by atoms with Crippen LogP contribution in [-0.4, -0.2) is 22.0 Å². The molecule has 0 aliphatic heterocycles. The lowest BCUT2D eigenvalue weighted by Gasteiger charge is -2.21. The van der Waals surface area contributed by atoms with Gasteiger partial charge in [0.2, 0.25) is 0 Å². The molecule has 0 aliphatic rings. The predicted molar refractivity (Wildman–Crippen MR) is 91.9 cm³/mol. The molecule has 0 atom stereocenters. The monoisotopic (exact) mass is 313 g/mol. The molecule has 0 fully saturated rings. The van der Waals surface area contributed by atoms with Crippen molar-refractivity contribution in [1.82, 2.24) is 9.55 Å². The van der Waals surface area contributed by atoms with Crippen molar-refractivity contribution < 1.29 is 4.79 Å². The van der Waals surface area contributed by atoms with E-state index in [-0.39, 0.29) is 17.0 Å². The van der Waals surface area contributed by atoms with Crippen molar-refractivity contribution in [1.29, 1.82) is 0 Å². The lowest BCUT2D eigenvalue weighted by Crippen LogP contribution is -2.37. The fraction of sp³-hybridized carbons (Fsp3) is 0.389. The van der Waals surface area contributed by atoms with Gasteiger partial charge in [-0.05, 0) is 43.5 Å². The molecule has 0 spiro atoms. The molecule has 0 N–H and O–H groups in total. The molecule has 0 unspecified atom stereocenters. The van der Waals surface area contributed by atoms with Gasteiger partial charge in [-0.15, -0.1) is 0 Å². The molecule has 0 aromatic carbocycles. The van der Waals surface area contributed by atoms with Crippen LogP contribution in [0.5, 0.6) is 0 Å². The first-order chi connectivity index (χ1) is 11.0. The van der Waals surface area contributed by atoms with E-state index < -0.39 is 0 Å². The van der Waals surface area contributed by atoms with E-state index in [9.17, 15) is 9.59 Å². The van der Waals surface area contributed by atoms with E-state index in [4.69, 9.17) is 0 Å². The molecule has 5 nitrogen and oxygen atoms in total. The van der Waals surface area contributed by atoms with E-state index in [2.05, 4.69) is 4.98 Å². The number of hydrogen-bond donors (Lipinski definition) is 0. The molecular weight excluding hydrogens is 290 g/mol. The summed E-state index contributed by atoms with van der Waals surface area (Å²) in [6.07, 6.45) is 3.38. The number of anilines is 1. The van der Waals surface area contributed by atoms with Gasteiger partial charge < -0.3 is 4.57 Å². The van der Waals surface area contributed by atoms with E-state index in [1.54, 1.807) is 34.0 Å². The van der Waals surface area contributed by atoms with Gasteiger partial charge in [0.1, 0.15) is 11.4 Å². The van der Waals surface area contributed by atoms with Gasteiger partial charge in [-0.1, -0.05) is 19.9 Å². The summed E-state index contributed by atoms with van der Waals surface area (Å²) in [6.45, 7) is 8.90. The molecule has 1 amide bonds. The Hall–Kier alpha value is -2.43. The summed E-state index contributed by atoms with van der Waals surface area (Å²) < 4.78 is 1.59. The minimum absolute atomic E-state index is 0.181. The van der Waals surface area contributed by atoms with Crippen LogP contribution in [0.4, 0.5) is 5.82 Å². The van der Waals surface area contributed by atoms with Crippen LogP contribution in [0.15, 0.2) is 41.5 Å². The summed E-state index contributed by atoms with van der Waals surface area (Å²) in [7, 11) is 0. The third kappa shape index (κ3) is 3.67. The number of pyridine rings is 2. The first-order valence-electron chi connectivity index (χ1n) is 7.88. The van der Waals surface area contributed by atoms with Gasteiger partial charge in [0, 0.05) is 25.5 Å². The fourth-order valence-electron chi connectivity index (χ4n) is 2.53. The summed E-state index contributed by atoms with van der Waals surface area (Å²) in [6, 6.07) is 7.06. The lowest BCUT2D eigenvalue weighted by molar-refractivity contribution is 0.0985. The molecule has 0 radical (unpaired) electrons. The van der Waals surface area contributed by atoms with E-state index in [1.807, 2.05) is 39.8 Å². The molecule has 23 heavy (non-hydrogen) atoms. The SMILES string of the molecule is CCN(C(=O)c1cccn(CC(C)C)c1=O)c1ncccc1C. The summed E-state index contributed by atoms with van der Waals surface area (Å²) in [5.41, 5.74) is 0.833. The predicted octanol–water partition coefficient (Wildman–Crippen LogP) is 2.87. The molecule has 2 aromatic heterocycles. The highest BCUT2D eigenvalue weighted by atomic mass is 16.2. The van der Waals surface area contributed by atoms with Gasteiger partial charge in [0.25, 0.3) is 11.5 Å². The summed E-state index contributed by atoms with van der Waals surface area (Å²) in [4.78, 5) is 31.3. The molecule has 122 valence electrons. The normalized spacial score (nSPS) is 10.8. The summed E-state index contributed by atoms with van der Waals surface area (Å²) >= 11 is 0. The average molecular weight is 313 g/mol. The fourth-order valence-corrected chi connectivity index (χ4v) is 2.53. The maximum absolute atomic E-state index is 12.9. The lowest BCUT2D eigenvalue weighted by atomic mass is 10.2. The zero-order valence-corrected chi connectivity index (χ0v) is 14.1. The van der Waals surface area contributed by atoms with Crippen molar-refractivity contribution in [2.24, 2.45) is 5.92 Å². The summed E-state index contributed by atoms with van der Waals surface area (Å²) in [5, 5.41) is 0. The van der Waals surface area contributed by atoms with Crippen LogP contribution in [0.2, 0.25) is 0 Å². The van der Waals surface area contributed by atoms with Gasteiger partial charge in [-0.3, -0.25) is 14.5 Å². The third-order valence-corrected chi connectivity index (χ3v) is 3.61. The van der Waals surface area contributed by atoms with Crippen LogP contribution in [0.25, 0.3) is 0 Å². The van der Waals surface area contributed by atoms with Crippen molar-refractivity contribution in [3.05, 3.63) is 58.1 Å². The number of hydrogen-bond acceptors (Lipinski definition) is 3. The average Bonchev–Trinajstić information content (AvgIpc) is 2.51. The van der Waals surface area contributed by atoms with Gasteiger partial charge in [-0.25, -0.2) is 4.98 Å². The van der Waals surface area contributed by atoms with E-state index >= 15 is 0 Å². The Morgan fingerprint density at radius 1 is 1.30 bits per heavy atom. The zero-order valence-electron chi connectivity index (χ0n) is 14.1.